The number of ether oxygens (including phenoxy) is 1. The number of thioether (sulfide) groups is 1. The monoisotopic (exact) mass is 556 g/mol. The zero-order valence-electron chi connectivity index (χ0n) is 22.2. The highest BCUT2D eigenvalue weighted by atomic mass is 32.2. The molecule has 1 aliphatic rings. The molecule has 0 aliphatic carbocycles. The molecule has 0 radical (unpaired) electrons. The second kappa shape index (κ2) is 12.9. The lowest BCUT2D eigenvalue weighted by atomic mass is 9.85. The number of dihydropyridines is 1. The van der Waals surface area contributed by atoms with Gasteiger partial charge in [0, 0.05) is 17.1 Å². The summed E-state index contributed by atoms with van der Waals surface area (Å²) in [5.41, 5.74) is 3.57. The van der Waals surface area contributed by atoms with Crippen molar-refractivity contribution in [2.24, 2.45) is 0 Å². The number of para-hydroxylation sites is 1. The number of amides is 2. The molecule has 0 saturated carbocycles. The molecule has 1 unspecified atom stereocenters. The summed E-state index contributed by atoms with van der Waals surface area (Å²) in [6.07, 6.45) is 1.48. The van der Waals surface area contributed by atoms with Gasteiger partial charge in [-0.2, -0.15) is 5.26 Å². The zero-order valence-corrected chi connectivity index (χ0v) is 23.1. The average Bonchev–Trinajstić information content (AvgIpc) is 3.48. The lowest BCUT2D eigenvalue weighted by molar-refractivity contribution is -0.114. The van der Waals surface area contributed by atoms with Crippen LogP contribution in [0.2, 0.25) is 0 Å². The Morgan fingerprint density at radius 2 is 1.80 bits per heavy atom. The number of nitrogens with zero attached hydrogens (tertiary/aromatic N) is 1. The third-order valence-electron chi connectivity index (χ3n) is 6.14. The van der Waals surface area contributed by atoms with Gasteiger partial charge in [-0.15, -0.1) is 0 Å². The number of benzene rings is 2. The van der Waals surface area contributed by atoms with E-state index in [9.17, 15) is 19.6 Å². The fourth-order valence-corrected chi connectivity index (χ4v) is 5.10. The first kappa shape index (κ1) is 28.3. The van der Waals surface area contributed by atoms with Crippen LogP contribution in [0.1, 0.15) is 41.4 Å². The number of rotatable bonds is 9. The van der Waals surface area contributed by atoms with Crippen LogP contribution >= 0.6 is 11.8 Å². The number of nitriles is 1. The molecule has 0 bridgehead atoms. The number of esters is 1. The van der Waals surface area contributed by atoms with Crippen LogP contribution in [-0.4, -0.2) is 30.1 Å². The second-order valence-corrected chi connectivity index (χ2v) is 9.86. The normalized spacial score (nSPS) is 14.7. The number of anilines is 2. The molecule has 3 aromatic rings. The molecule has 4 rings (SSSR count). The van der Waals surface area contributed by atoms with Gasteiger partial charge in [0.1, 0.15) is 5.76 Å². The summed E-state index contributed by atoms with van der Waals surface area (Å²) < 4.78 is 10.7. The minimum Gasteiger partial charge on any atom is -0.468 e. The van der Waals surface area contributed by atoms with E-state index in [-0.39, 0.29) is 23.8 Å². The standard InChI is InChI=1S/C30H28N4O5S/c1-4-38-30(37)20-11-13-21(14-12-20)33-28(36)26-19(3)32-29(22(16-31)27(26)24-10-7-15-39-24)40-17-25(35)34-23-9-6-5-8-18(23)2/h5-15,27,32H,4,17H2,1-3H3,(H,33,36)(H,34,35). The molecule has 3 N–H and O–H groups in total. The van der Waals surface area contributed by atoms with Crippen LogP contribution in [0.15, 0.2) is 93.2 Å². The number of furan rings is 1. The van der Waals surface area contributed by atoms with E-state index in [0.717, 1.165) is 11.3 Å². The van der Waals surface area contributed by atoms with Crippen molar-refractivity contribution < 1.29 is 23.5 Å². The average molecular weight is 557 g/mol. The minimum atomic E-state index is -0.790. The molecule has 1 atom stereocenters. The Bertz CT molecular complexity index is 1520. The highest BCUT2D eigenvalue weighted by Gasteiger charge is 2.36. The van der Waals surface area contributed by atoms with Crippen LogP contribution in [0.3, 0.4) is 0 Å². The van der Waals surface area contributed by atoms with E-state index in [4.69, 9.17) is 9.15 Å². The maximum absolute atomic E-state index is 13.5. The van der Waals surface area contributed by atoms with E-state index in [2.05, 4.69) is 22.0 Å². The fraction of sp³-hybridized carbons (Fsp3) is 0.200. The van der Waals surface area contributed by atoms with Crippen LogP contribution in [-0.2, 0) is 14.3 Å². The molecule has 10 heteroatoms. The van der Waals surface area contributed by atoms with E-state index in [0.29, 0.717) is 33.3 Å². The number of aryl methyl sites for hydroxylation is 1. The van der Waals surface area contributed by atoms with Crippen LogP contribution < -0.4 is 16.0 Å². The number of nitrogens with one attached hydrogen (secondary N) is 3. The zero-order chi connectivity index (χ0) is 28.6. The van der Waals surface area contributed by atoms with Crippen molar-refractivity contribution in [1.82, 2.24) is 5.32 Å². The molecule has 0 spiro atoms. The predicted molar refractivity (Wildman–Crippen MR) is 153 cm³/mol. The van der Waals surface area contributed by atoms with Crippen molar-refractivity contribution in [2.75, 3.05) is 23.0 Å². The first-order valence-electron chi connectivity index (χ1n) is 12.5. The van der Waals surface area contributed by atoms with Gasteiger partial charge in [0.25, 0.3) is 5.91 Å². The Kier molecular flexibility index (Phi) is 9.09. The molecule has 40 heavy (non-hydrogen) atoms. The molecule has 1 aromatic heterocycles. The Morgan fingerprint density at radius 1 is 1.05 bits per heavy atom. The third-order valence-corrected chi connectivity index (χ3v) is 7.16. The summed E-state index contributed by atoms with van der Waals surface area (Å²) in [5, 5.41) is 19.5. The lowest BCUT2D eigenvalue weighted by Crippen LogP contribution is -2.31. The fourth-order valence-electron chi connectivity index (χ4n) is 4.21. The van der Waals surface area contributed by atoms with Gasteiger partial charge in [-0.25, -0.2) is 4.79 Å². The molecular weight excluding hydrogens is 528 g/mol. The van der Waals surface area contributed by atoms with Gasteiger partial charge in [0.2, 0.25) is 5.91 Å². The topological polar surface area (TPSA) is 133 Å². The van der Waals surface area contributed by atoms with Crippen molar-refractivity contribution >= 4 is 40.9 Å². The molecular formula is C30H28N4O5S. The maximum atomic E-state index is 13.5. The Hall–Kier alpha value is -4.75. The first-order chi connectivity index (χ1) is 19.3. The summed E-state index contributed by atoms with van der Waals surface area (Å²) in [5.74, 6) is -1.44. The number of allylic oxidation sites excluding steroid dienone is 2. The smallest absolute Gasteiger partial charge is 0.338 e. The van der Waals surface area contributed by atoms with Gasteiger partial charge in [-0.3, -0.25) is 9.59 Å². The molecule has 2 aromatic carbocycles. The number of carbonyl (C=O) groups is 3. The number of carbonyl (C=O) groups excluding carboxylic acids is 3. The highest BCUT2D eigenvalue weighted by Crippen LogP contribution is 2.41. The number of hydrogen-bond donors (Lipinski definition) is 3. The SMILES string of the molecule is CCOC(=O)c1ccc(NC(=O)C2=C(C)NC(SCC(=O)Nc3ccccc3C)=C(C#N)C2c2ccco2)cc1. The quantitative estimate of drug-likeness (QED) is 0.296. The molecule has 2 amide bonds. The van der Waals surface area contributed by atoms with E-state index >= 15 is 0 Å². The highest BCUT2D eigenvalue weighted by molar-refractivity contribution is 8.03. The molecule has 9 nitrogen and oxygen atoms in total. The third kappa shape index (κ3) is 6.45. The van der Waals surface area contributed by atoms with Gasteiger partial charge >= 0.3 is 5.97 Å². The largest absolute Gasteiger partial charge is 0.468 e. The van der Waals surface area contributed by atoms with Crippen LogP contribution in [0.25, 0.3) is 0 Å². The van der Waals surface area contributed by atoms with Gasteiger partial charge < -0.3 is 25.1 Å². The van der Waals surface area contributed by atoms with Gasteiger partial charge in [-0.05, 0) is 68.8 Å². The Labute approximate surface area is 236 Å². The van der Waals surface area contributed by atoms with Crippen molar-refractivity contribution in [2.45, 2.75) is 26.7 Å². The summed E-state index contributed by atoms with van der Waals surface area (Å²) in [6.45, 7) is 5.63. The first-order valence-corrected chi connectivity index (χ1v) is 13.5. The van der Waals surface area contributed by atoms with E-state index in [1.807, 2.05) is 31.2 Å². The lowest BCUT2D eigenvalue weighted by Gasteiger charge is -2.28. The van der Waals surface area contributed by atoms with Gasteiger partial charge in [-0.1, -0.05) is 30.0 Å². The second-order valence-electron chi connectivity index (χ2n) is 8.87. The Balaban J connectivity index is 1.55. The van der Waals surface area contributed by atoms with E-state index in [1.54, 1.807) is 50.2 Å². The molecule has 1 aliphatic heterocycles. The van der Waals surface area contributed by atoms with Crippen molar-refractivity contribution in [1.29, 1.82) is 5.26 Å². The van der Waals surface area contributed by atoms with Crippen molar-refractivity contribution in [3.05, 3.63) is 106 Å². The molecule has 204 valence electrons. The molecule has 0 fully saturated rings. The van der Waals surface area contributed by atoms with Crippen LogP contribution in [0, 0.1) is 18.3 Å². The summed E-state index contributed by atoms with van der Waals surface area (Å²) in [7, 11) is 0. The molecule has 2 heterocycles. The maximum Gasteiger partial charge on any atom is 0.338 e. The summed E-state index contributed by atoms with van der Waals surface area (Å²) in [6, 6.07) is 19.4. The number of hydrogen-bond acceptors (Lipinski definition) is 8. The molecule has 0 saturated heterocycles. The van der Waals surface area contributed by atoms with E-state index < -0.39 is 17.8 Å². The predicted octanol–water partition coefficient (Wildman–Crippen LogP) is 5.47. The van der Waals surface area contributed by atoms with Crippen LogP contribution in [0.4, 0.5) is 11.4 Å². The van der Waals surface area contributed by atoms with Crippen molar-refractivity contribution in [3.63, 3.8) is 0 Å². The van der Waals surface area contributed by atoms with Crippen molar-refractivity contribution in [3.8, 4) is 6.07 Å². The Morgan fingerprint density at radius 3 is 2.45 bits per heavy atom. The minimum absolute atomic E-state index is 0.0499. The summed E-state index contributed by atoms with van der Waals surface area (Å²) >= 11 is 1.18. The van der Waals surface area contributed by atoms with Gasteiger partial charge in [0.05, 0.1) is 52.3 Å². The summed E-state index contributed by atoms with van der Waals surface area (Å²) in [4.78, 5) is 38.2. The van der Waals surface area contributed by atoms with Crippen LogP contribution in [0.5, 0.6) is 0 Å². The van der Waals surface area contributed by atoms with Gasteiger partial charge in [0.15, 0.2) is 0 Å². The van der Waals surface area contributed by atoms with E-state index in [1.165, 1.54) is 18.0 Å².